The Morgan fingerprint density at radius 1 is 0.778 bits per heavy atom. The first-order valence-electron chi connectivity index (χ1n) is 12.7. The molecule has 2 saturated heterocycles. The number of benzene rings is 2. The average molecular weight is 491 g/mol. The molecule has 7 nitrogen and oxygen atoms in total. The fourth-order valence-electron chi connectivity index (χ4n) is 9.18. The highest BCUT2D eigenvalue weighted by Crippen LogP contribution is 2.79. The van der Waals surface area contributed by atoms with Gasteiger partial charge in [0, 0.05) is 45.6 Å². The SMILES string of the molecule is COC(=O)[C@@]12O[C@@](C(=O)OC)([C@@H]3[C@H]1[C@@H]1C[C@H]3c3c1c(OC)c1ccccc1c3OC)[C@H]1CC=CC[C@H]12. The minimum absolute atomic E-state index is 0.0269. The smallest absolute Gasteiger partial charge is 0.338 e. The zero-order chi connectivity index (χ0) is 25.0. The molecule has 2 aliphatic heterocycles. The van der Waals surface area contributed by atoms with Gasteiger partial charge in [-0.2, -0.15) is 0 Å². The summed E-state index contributed by atoms with van der Waals surface area (Å²) in [5, 5.41) is 1.97. The summed E-state index contributed by atoms with van der Waals surface area (Å²) in [5.41, 5.74) is -0.239. The molecule has 3 aliphatic carbocycles. The lowest BCUT2D eigenvalue weighted by atomic mass is 9.50. The van der Waals surface area contributed by atoms with Crippen LogP contribution in [0.3, 0.4) is 0 Å². The van der Waals surface area contributed by atoms with E-state index >= 15 is 0 Å². The van der Waals surface area contributed by atoms with Crippen LogP contribution in [0.4, 0.5) is 0 Å². The maximum absolute atomic E-state index is 13.7. The molecule has 5 aliphatic rings. The van der Waals surface area contributed by atoms with Crippen molar-refractivity contribution in [2.75, 3.05) is 28.4 Å². The van der Waals surface area contributed by atoms with E-state index in [1.165, 1.54) is 14.2 Å². The summed E-state index contributed by atoms with van der Waals surface area (Å²) in [6.45, 7) is 0. The van der Waals surface area contributed by atoms with Gasteiger partial charge in [0.15, 0.2) is 11.2 Å². The van der Waals surface area contributed by atoms with Crippen molar-refractivity contribution in [3.8, 4) is 11.5 Å². The van der Waals surface area contributed by atoms with Crippen LogP contribution in [0.5, 0.6) is 11.5 Å². The quantitative estimate of drug-likeness (QED) is 0.471. The second-order valence-electron chi connectivity index (χ2n) is 10.8. The van der Waals surface area contributed by atoms with Gasteiger partial charge in [0.05, 0.1) is 28.4 Å². The lowest BCUT2D eigenvalue weighted by molar-refractivity contribution is -0.184. The van der Waals surface area contributed by atoms with E-state index in [1.54, 1.807) is 14.2 Å². The molecular formula is C29H30O7. The fourth-order valence-corrected chi connectivity index (χ4v) is 9.18. The summed E-state index contributed by atoms with van der Waals surface area (Å²) < 4.78 is 29.8. The summed E-state index contributed by atoms with van der Waals surface area (Å²) in [5.74, 6) is 0.103. The van der Waals surface area contributed by atoms with E-state index in [0.29, 0.717) is 12.8 Å². The van der Waals surface area contributed by atoms with E-state index in [-0.39, 0.29) is 47.4 Å². The van der Waals surface area contributed by atoms with E-state index in [2.05, 4.69) is 12.2 Å². The van der Waals surface area contributed by atoms with Crippen LogP contribution in [-0.4, -0.2) is 51.6 Å². The van der Waals surface area contributed by atoms with Crippen LogP contribution in [-0.2, 0) is 23.8 Å². The predicted octanol–water partition coefficient (Wildman–Crippen LogP) is 4.12. The molecule has 4 bridgehead atoms. The second-order valence-corrected chi connectivity index (χ2v) is 10.8. The first kappa shape index (κ1) is 22.2. The van der Waals surface area contributed by atoms with Crippen LogP contribution in [0, 0.1) is 23.7 Å². The second kappa shape index (κ2) is 7.25. The molecule has 0 N–H and O–H groups in total. The van der Waals surface area contributed by atoms with E-state index < -0.39 is 11.2 Å². The van der Waals surface area contributed by atoms with Crippen LogP contribution >= 0.6 is 0 Å². The topological polar surface area (TPSA) is 80.3 Å². The summed E-state index contributed by atoms with van der Waals surface area (Å²) in [6, 6.07) is 8.08. The van der Waals surface area contributed by atoms with E-state index in [0.717, 1.165) is 39.8 Å². The van der Waals surface area contributed by atoms with Gasteiger partial charge in [0.1, 0.15) is 11.5 Å². The molecule has 7 rings (SSSR count). The van der Waals surface area contributed by atoms with Crippen molar-refractivity contribution in [3.63, 3.8) is 0 Å². The summed E-state index contributed by atoms with van der Waals surface area (Å²) in [6.07, 6.45) is 6.36. The first-order valence-corrected chi connectivity index (χ1v) is 12.7. The molecule has 0 aromatic heterocycles. The van der Waals surface area contributed by atoms with Crippen molar-refractivity contribution in [2.45, 2.75) is 42.3 Å². The van der Waals surface area contributed by atoms with Crippen molar-refractivity contribution >= 4 is 22.7 Å². The molecule has 188 valence electrons. The molecule has 0 spiro atoms. The summed E-state index contributed by atoms with van der Waals surface area (Å²) in [7, 11) is 6.22. The molecule has 0 radical (unpaired) electrons. The maximum Gasteiger partial charge on any atom is 0.338 e. The standard InChI is InChI=1S/C29H30O7/c1-32-24-14-9-5-6-10-15(14)25(33-2)21-17-13-16(20(21)24)22-23(17)29(27(31)35-4)19-12-8-7-11-18(19)28(22,36-29)26(30)34-3/h5-10,16-19,22-23H,11-13H2,1-4H3/t16-,17+,18-,19+,22-,23+,28+,29-. The Labute approximate surface area is 209 Å². The molecule has 0 amide bonds. The minimum atomic E-state index is -1.20. The van der Waals surface area contributed by atoms with E-state index in [1.807, 2.05) is 24.3 Å². The number of hydrogen-bond acceptors (Lipinski definition) is 7. The van der Waals surface area contributed by atoms with E-state index in [4.69, 9.17) is 23.7 Å². The van der Waals surface area contributed by atoms with Gasteiger partial charge in [0.2, 0.25) is 0 Å². The summed E-state index contributed by atoms with van der Waals surface area (Å²) >= 11 is 0. The largest absolute Gasteiger partial charge is 0.496 e. The van der Waals surface area contributed by atoms with Gasteiger partial charge in [-0.05, 0) is 31.1 Å². The predicted molar refractivity (Wildman–Crippen MR) is 130 cm³/mol. The molecular weight excluding hydrogens is 460 g/mol. The normalized spacial score (nSPS) is 38.4. The van der Waals surface area contributed by atoms with Crippen LogP contribution in [0.2, 0.25) is 0 Å². The molecule has 2 heterocycles. The van der Waals surface area contributed by atoms with Gasteiger partial charge < -0.3 is 23.7 Å². The Morgan fingerprint density at radius 2 is 1.22 bits per heavy atom. The Morgan fingerprint density at radius 3 is 1.61 bits per heavy atom. The van der Waals surface area contributed by atoms with Gasteiger partial charge in [0.25, 0.3) is 0 Å². The Balaban J connectivity index is 1.55. The monoisotopic (exact) mass is 490 g/mol. The van der Waals surface area contributed by atoms with Gasteiger partial charge in [-0.3, -0.25) is 0 Å². The molecule has 0 unspecified atom stereocenters. The number of carbonyl (C=O) groups is 2. The number of methoxy groups -OCH3 is 4. The van der Waals surface area contributed by atoms with Crippen molar-refractivity contribution in [3.05, 3.63) is 47.5 Å². The number of allylic oxidation sites excluding steroid dienone is 2. The van der Waals surface area contributed by atoms with Gasteiger partial charge in [-0.25, -0.2) is 9.59 Å². The number of ether oxygens (including phenoxy) is 5. The third kappa shape index (κ3) is 2.17. The van der Waals surface area contributed by atoms with Crippen LogP contribution in [0.25, 0.3) is 10.8 Å². The minimum Gasteiger partial charge on any atom is -0.496 e. The van der Waals surface area contributed by atoms with Crippen LogP contribution in [0.15, 0.2) is 36.4 Å². The number of esters is 2. The molecule has 8 atom stereocenters. The lowest BCUT2D eigenvalue weighted by Gasteiger charge is -2.48. The van der Waals surface area contributed by atoms with Crippen molar-refractivity contribution in [1.29, 1.82) is 0 Å². The first-order chi connectivity index (χ1) is 17.5. The number of fused-ring (bicyclic) bond motifs is 16. The van der Waals surface area contributed by atoms with Gasteiger partial charge >= 0.3 is 11.9 Å². The number of hydrogen-bond donors (Lipinski definition) is 0. The Bertz CT molecular complexity index is 1250. The zero-order valence-electron chi connectivity index (χ0n) is 20.9. The van der Waals surface area contributed by atoms with Gasteiger partial charge in [-0.15, -0.1) is 0 Å². The highest BCUT2D eigenvalue weighted by molar-refractivity contribution is 5.98. The van der Waals surface area contributed by atoms with Crippen molar-refractivity contribution < 1.29 is 33.3 Å². The molecule has 2 aromatic carbocycles. The maximum atomic E-state index is 13.7. The molecule has 36 heavy (non-hydrogen) atoms. The average Bonchev–Trinajstić information content (AvgIpc) is 3.66. The molecule has 2 aromatic rings. The highest BCUT2D eigenvalue weighted by Gasteiger charge is 2.86. The number of rotatable bonds is 4. The van der Waals surface area contributed by atoms with Crippen molar-refractivity contribution in [1.82, 2.24) is 0 Å². The van der Waals surface area contributed by atoms with Gasteiger partial charge in [-0.1, -0.05) is 36.4 Å². The summed E-state index contributed by atoms with van der Waals surface area (Å²) in [4.78, 5) is 27.5. The third-order valence-electron chi connectivity index (χ3n) is 9.98. The lowest BCUT2D eigenvalue weighted by Crippen LogP contribution is -2.59. The third-order valence-corrected chi connectivity index (χ3v) is 9.98. The van der Waals surface area contributed by atoms with Crippen LogP contribution in [0.1, 0.15) is 42.2 Å². The number of carbonyl (C=O) groups excluding carboxylic acids is 2. The fraction of sp³-hybridized carbons (Fsp3) is 0.517. The Kier molecular flexibility index (Phi) is 4.46. The molecule has 1 saturated carbocycles. The molecule has 3 fully saturated rings. The Hall–Kier alpha value is -3.06. The van der Waals surface area contributed by atoms with Crippen molar-refractivity contribution in [2.24, 2.45) is 23.7 Å². The zero-order valence-corrected chi connectivity index (χ0v) is 20.9. The molecule has 7 heteroatoms. The highest BCUT2D eigenvalue weighted by atomic mass is 16.6. The van der Waals surface area contributed by atoms with Crippen LogP contribution < -0.4 is 9.47 Å². The van der Waals surface area contributed by atoms with E-state index in [9.17, 15) is 9.59 Å².